The molecule has 0 unspecified atom stereocenters. The van der Waals surface area contributed by atoms with E-state index in [0.29, 0.717) is 36.2 Å². The van der Waals surface area contributed by atoms with Crippen LogP contribution in [0.4, 0.5) is 17.6 Å². The number of nitrogens with one attached hydrogen (secondary N) is 1. The second kappa shape index (κ2) is 6.15. The molecule has 0 saturated heterocycles. The molecule has 3 aromatic rings. The van der Waals surface area contributed by atoms with Gasteiger partial charge in [-0.2, -0.15) is 18.3 Å². The SMILES string of the molecule is O=C1NCCn2nc(-c3ccnc(-c4ccc(C(F)(F)F)cc4F)n3)cc21. The predicted octanol–water partition coefficient (Wildman–Crippen LogP) is 2.91. The number of carbonyl (C=O) groups excluding carboxylic acids is 1. The maximum Gasteiger partial charge on any atom is 0.416 e. The van der Waals surface area contributed by atoms with E-state index in [1.54, 1.807) is 6.07 Å². The highest BCUT2D eigenvalue weighted by atomic mass is 19.4. The highest BCUT2D eigenvalue weighted by molar-refractivity contribution is 5.94. The minimum absolute atomic E-state index is 0.0749. The van der Waals surface area contributed by atoms with Crippen molar-refractivity contribution in [1.82, 2.24) is 25.1 Å². The van der Waals surface area contributed by atoms with Crippen LogP contribution < -0.4 is 5.32 Å². The number of rotatable bonds is 2. The fraction of sp³-hybridized carbons (Fsp3) is 0.176. The number of halogens is 4. The standard InChI is InChI=1S/C17H11F4N5O/c18-11-7-9(17(19,20)21)1-2-10(11)15-22-4-3-12(24-15)13-8-14-16(27)23-5-6-26(14)25-13/h1-4,7-8H,5-6H2,(H,23,27). The summed E-state index contributed by atoms with van der Waals surface area (Å²) in [6, 6.07) is 5.24. The third kappa shape index (κ3) is 3.14. The first-order chi connectivity index (χ1) is 12.8. The number of amides is 1. The third-order valence-electron chi connectivity index (χ3n) is 4.08. The number of nitrogens with zero attached hydrogens (tertiary/aromatic N) is 4. The summed E-state index contributed by atoms with van der Waals surface area (Å²) < 4.78 is 53.8. The van der Waals surface area contributed by atoms with Gasteiger partial charge in [-0.05, 0) is 30.3 Å². The Balaban J connectivity index is 1.73. The predicted molar refractivity (Wildman–Crippen MR) is 86.0 cm³/mol. The zero-order valence-electron chi connectivity index (χ0n) is 13.6. The number of alkyl halides is 3. The summed E-state index contributed by atoms with van der Waals surface area (Å²) in [7, 11) is 0. The van der Waals surface area contributed by atoms with Gasteiger partial charge in [-0.15, -0.1) is 0 Å². The second-order valence-corrected chi connectivity index (χ2v) is 5.85. The lowest BCUT2D eigenvalue weighted by atomic mass is 10.1. The molecule has 0 radical (unpaired) electrons. The molecule has 0 bridgehead atoms. The van der Waals surface area contributed by atoms with Crippen molar-refractivity contribution in [3.05, 3.63) is 53.6 Å². The normalized spacial score (nSPS) is 14.0. The van der Waals surface area contributed by atoms with Crippen LogP contribution in [0.1, 0.15) is 16.1 Å². The first-order valence-electron chi connectivity index (χ1n) is 7.89. The average molecular weight is 377 g/mol. The van der Waals surface area contributed by atoms with E-state index in [9.17, 15) is 22.4 Å². The van der Waals surface area contributed by atoms with Crippen LogP contribution in [0.3, 0.4) is 0 Å². The molecule has 4 rings (SSSR count). The molecule has 0 spiro atoms. The number of hydrogen-bond acceptors (Lipinski definition) is 4. The Morgan fingerprint density at radius 1 is 1.11 bits per heavy atom. The maximum atomic E-state index is 14.2. The minimum Gasteiger partial charge on any atom is -0.349 e. The first-order valence-corrected chi connectivity index (χ1v) is 7.89. The largest absolute Gasteiger partial charge is 0.416 e. The van der Waals surface area contributed by atoms with Crippen LogP contribution in [-0.2, 0) is 12.7 Å². The number of hydrogen-bond donors (Lipinski definition) is 1. The number of carbonyl (C=O) groups is 1. The number of fused-ring (bicyclic) bond motifs is 1. The third-order valence-corrected chi connectivity index (χ3v) is 4.08. The molecule has 1 N–H and O–H groups in total. The molecular weight excluding hydrogens is 366 g/mol. The fourth-order valence-corrected chi connectivity index (χ4v) is 2.76. The summed E-state index contributed by atoms with van der Waals surface area (Å²) >= 11 is 0. The van der Waals surface area contributed by atoms with E-state index in [4.69, 9.17) is 0 Å². The summed E-state index contributed by atoms with van der Waals surface area (Å²) in [5, 5.41) is 6.99. The molecule has 3 heterocycles. The molecule has 138 valence electrons. The zero-order chi connectivity index (χ0) is 19.2. The van der Waals surface area contributed by atoms with Crippen molar-refractivity contribution in [3.8, 4) is 22.8 Å². The monoisotopic (exact) mass is 377 g/mol. The molecule has 0 atom stereocenters. The Bertz CT molecular complexity index is 1040. The van der Waals surface area contributed by atoms with Gasteiger partial charge in [0.25, 0.3) is 5.91 Å². The Labute approximate surface area is 149 Å². The van der Waals surface area contributed by atoms with E-state index in [1.807, 2.05) is 0 Å². The topological polar surface area (TPSA) is 72.7 Å². The highest BCUT2D eigenvalue weighted by Crippen LogP contribution is 2.32. The molecule has 6 nitrogen and oxygen atoms in total. The van der Waals surface area contributed by atoms with Gasteiger partial charge in [-0.3, -0.25) is 9.48 Å². The Morgan fingerprint density at radius 3 is 2.63 bits per heavy atom. The zero-order valence-corrected chi connectivity index (χ0v) is 13.6. The molecule has 0 fully saturated rings. The first kappa shape index (κ1) is 17.1. The van der Waals surface area contributed by atoms with E-state index in [0.717, 1.165) is 12.1 Å². The summed E-state index contributed by atoms with van der Waals surface area (Å²) in [4.78, 5) is 20.0. The smallest absolute Gasteiger partial charge is 0.349 e. The van der Waals surface area contributed by atoms with Gasteiger partial charge < -0.3 is 5.32 Å². The van der Waals surface area contributed by atoms with Gasteiger partial charge in [0.1, 0.15) is 17.2 Å². The quantitative estimate of drug-likeness (QED) is 0.697. The maximum absolute atomic E-state index is 14.2. The molecule has 1 aliphatic rings. The molecule has 2 aromatic heterocycles. The van der Waals surface area contributed by atoms with Crippen LogP contribution in [0.5, 0.6) is 0 Å². The van der Waals surface area contributed by atoms with E-state index in [1.165, 1.54) is 16.9 Å². The molecule has 1 amide bonds. The summed E-state index contributed by atoms with van der Waals surface area (Å²) in [5.41, 5.74) is -0.164. The molecule has 0 saturated carbocycles. The molecular formula is C17H11F4N5O. The van der Waals surface area contributed by atoms with Crippen LogP contribution in [0, 0.1) is 5.82 Å². The second-order valence-electron chi connectivity index (χ2n) is 5.85. The van der Waals surface area contributed by atoms with E-state index in [-0.39, 0.29) is 17.3 Å². The van der Waals surface area contributed by atoms with Crippen molar-refractivity contribution < 1.29 is 22.4 Å². The molecule has 27 heavy (non-hydrogen) atoms. The number of aromatic nitrogens is 4. The molecule has 10 heteroatoms. The lowest BCUT2D eigenvalue weighted by Crippen LogP contribution is -2.35. The van der Waals surface area contributed by atoms with Crippen molar-refractivity contribution >= 4 is 5.91 Å². The van der Waals surface area contributed by atoms with Crippen molar-refractivity contribution in [2.75, 3.05) is 6.54 Å². The van der Waals surface area contributed by atoms with Gasteiger partial charge in [0.05, 0.1) is 23.4 Å². The van der Waals surface area contributed by atoms with Gasteiger partial charge in [0, 0.05) is 12.7 Å². The van der Waals surface area contributed by atoms with Crippen LogP contribution in [0.25, 0.3) is 22.8 Å². The Hall–Kier alpha value is -3.30. The van der Waals surface area contributed by atoms with Gasteiger partial charge in [0.2, 0.25) is 0 Å². The van der Waals surface area contributed by atoms with Crippen molar-refractivity contribution in [3.63, 3.8) is 0 Å². The minimum atomic E-state index is -4.64. The molecule has 1 aliphatic heterocycles. The van der Waals surface area contributed by atoms with Crippen molar-refractivity contribution in [2.45, 2.75) is 12.7 Å². The van der Waals surface area contributed by atoms with Crippen LogP contribution >= 0.6 is 0 Å². The number of benzene rings is 1. The highest BCUT2D eigenvalue weighted by Gasteiger charge is 2.31. The fourth-order valence-electron chi connectivity index (χ4n) is 2.76. The van der Waals surface area contributed by atoms with E-state index < -0.39 is 17.6 Å². The van der Waals surface area contributed by atoms with Crippen molar-refractivity contribution in [2.24, 2.45) is 0 Å². The van der Waals surface area contributed by atoms with Gasteiger partial charge in [0.15, 0.2) is 5.82 Å². The Kier molecular flexibility index (Phi) is 3.90. The molecule has 1 aromatic carbocycles. The summed E-state index contributed by atoms with van der Waals surface area (Å²) in [6.07, 6.45) is -3.29. The van der Waals surface area contributed by atoms with Gasteiger partial charge >= 0.3 is 6.18 Å². The van der Waals surface area contributed by atoms with E-state index in [2.05, 4.69) is 20.4 Å². The van der Waals surface area contributed by atoms with Crippen LogP contribution in [0.15, 0.2) is 36.5 Å². The average Bonchev–Trinajstić information content (AvgIpc) is 3.07. The Morgan fingerprint density at radius 2 is 1.93 bits per heavy atom. The molecule has 0 aliphatic carbocycles. The van der Waals surface area contributed by atoms with Crippen LogP contribution in [-0.4, -0.2) is 32.2 Å². The van der Waals surface area contributed by atoms with E-state index >= 15 is 0 Å². The van der Waals surface area contributed by atoms with Crippen molar-refractivity contribution in [1.29, 1.82) is 0 Å². The summed E-state index contributed by atoms with van der Waals surface area (Å²) in [6.45, 7) is 0.964. The van der Waals surface area contributed by atoms with Gasteiger partial charge in [-0.25, -0.2) is 14.4 Å². The van der Waals surface area contributed by atoms with Crippen LogP contribution in [0.2, 0.25) is 0 Å². The van der Waals surface area contributed by atoms with Gasteiger partial charge in [-0.1, -0.05) is 0 Å². The lowest BCUT2D eigenvalue weighted by Gasteiger charge is -2.13. The summed E-state index contributed by atoms with van der Waals surface area (Å²) in [5.74, 6) is -1.41. The lowest BCUT2D eigenvalue weighted by molar-refractivity contribution is -0.137.